The Morgan fingerprint density at radius 1 is 1.14 bits per heavy atom. The molecule has 4 rings (SSSR count). The second-order valence-corrected chi connectivity index (χ2v) is 8.58. The molecule has 152 valence electrons. The molecule has 0 atom stereocenters. The fourth-order valence-electron chi connectivity index (χ4n) is 4.17. The van der Waals surface area contributed by atoms with Gasteiger partial charge in [-0.3, -0.25) is 4.79 Å². The Bertz CT molecular complexity index is 982. The fourth-order valence-corrected chi connectivity index (χ4v) is 4.17. The van der Waals surface area contributed by atoms with Crippen LogP contribution in [0, 0.1) is 12.8 Å². The second-order valence-electron chi connectivity index (χ2n) is 8.58. The number of hydrogen-bond acceptors (Lipinski definition) is 3. The second kappa shape index (κ2) is 8.36. The van der Waals surface area contributed by atoms with Crippen molar-refractivity contribution >= 4 is 16.9 Å². The van der Waals surface area contributed by atoms with Crippen molar-refractivity contribution in [1.29, 1.82) is 0 Å². The maximum absolute atomic E-state index is 13.0. The van der Waals surface area contributed by atoms with E-state index in [0.29, 0.717) is 11.5 Å². The zero-order chi connectivity index (χ0) is 20.4. The van der Waals surface area contributed by atoms with Gasteiger partial charge >= 0.3 is 0 Å². The van der Waals surface area contributed by atoms with Crippen LogP contribution in [0.5, 0.6) is 0 Å². The number of nitrogens with zero attached hydrogens (tertiary/aromatic N) is 4. The van der Waals surface area contributed by atoms with Crippen LogP contribution in [-0.4, -0.2) is 38.7 Å². The average Bonchev–Trinajstić information content (AvgIpc) is 3.17. The third kappa shape index (κ3) is 4.34. The number of carbonyl (C=O) groups is 1. The van der Waals surface area contributed by atoms with Crippen molar-refractivity contribution in [3.63, 3.8) is 0 Å². The lowest BCUT2D eigenvalue weighted by Gasteiger charge is -2.32. The van der Waals surface area contributed by atoms with Gasteiger partial charge in [-0.05, 0) is 64.0 Å². The molecule has 1 aromatic carbocycles. The van der Waals surface area contributed by atoms with Crippen molar-refractivity contribution in [2.24, 2.45) is 5.92 Å². The highest BCUT2D eigenvalue weighted by Crippen LogP contribution is 2.24. The number of amides is 1. The number of carbonyl (C=O) groups excluding carboxylic acids is 1. The molecule has 1 saturated heterocycles. The molecule has 29 heavy (non-hydrogen) atoms. The van der Waals surface area contributed by atoms with Crippen molar-refractivity contribution in [3.05, 3.63) is 59.4 Å². The monoisotopic (exact) mass is 390 g/mol. The highest BCUT2D eigenvalue weighted by molar-refractivity contribution is 5.96. The minimum atomic E-state index is 0.0914. The predicted molar refractivity (Wildman–Crippen MR) is 116 cm³/mol. The maximum atomic E-state index is 13.0. The first kappa shape index (κ1) is 19.6. The topological polar surface area (TPSA) is 51.0 Å². The Morgan fingerprint density at radius 3 is 2.55 bits per heavy atom. The lowest BCUT2D eigenvalue weighted by Crippen LogP contribution is -2.38. The Morgan fingerprint density at radius 2 is 1.86 bits per heavy atom. The Labute approximate surface area is 172 Å². The molecule has 5 nitrogen and oxygen atoms in total. The quantitative estimate of drug-likeness (QED) is 0.628. The maximum Gasteiger partial charge on any atom is 0.255 e. The van der Waals surface area contributed by atoms with E-state index in [1.165, 1.54) is 17.5 Å². The first-order chi connectivity index (χ1) is 14.0. The van der Waals surface area contributed by atoms with Crippen molar-refractivity contribution in [2.45, 2.75) is 52.5 Å². The average molecular weight is 391 g/mol. The van der Waals surface area contributed by atoms with Gasteiger partial charge in [-0.2, -0.15) is 5.10 Å². The smallest absolute Gasteiger partial charge is 0.255 e. The summed E-state index contributed by atoms with van der Waals surface area (Å²) in [6, 6.07) is 11.0. The summed E-state index contributed by atoms with van der Waals surface area (Å²) >= 11 is 0. The van der Waals surface area contributed by atoms with Crippen LogP contribution in [0.1, 0.15) is 60.6 Å². The lowest BCUT2D eigenvalue weighted by atomic mass is 9.90. The van der Waals surface area contributed by atoms with E-state index in [9.17, 15) is 4.79 Å². The number of hydrogen-bond donors (Lipinski definition) is 0. The molecule has 0 N–H and O–H groups in total. The van der Waals surface area contributed by atoms with Crippen LogP contribution in [0.25, 0.3) is 11.0 Å². The standard InChI is InChI=1S/C24H30N4O/c1-17(2)28-23-21(16-26-28)14-22(15-25-23)24(29)27-12-10-20(11-13-27)9-8-19-6-4-18(3)5-7-19/h4-7,14-17,20H,8-13H2,1-3H3. The Balaban J connectivity index is 1.34. The van der Waals surface area contributed by atoms with Gasteiger partial charge in [-0.25, -0.2) is 9.67 Å². The largest absolute Gasteiger partial charge is 0.339 e. The van der Waals surface area contributed by atoms with Crippen LogP contribution in [0.2, 0.25) is 0 Å². The van der Waals surface area contributed by atoms with Gasteiger partial charge in [0.05, 0.1) is 11.8 Å². The number of aryl methyl sites for hydroxylation is 2. The number of likely N-dealkylation sites (tertiary alicyclic amines) is 1. The van der Waals surface area contributed by atoms with Gasteiger partial charge in [0.25, 0.3) is 5.91 Å². The minimum absolute atomic E-state index is 0.0914. The molecule has 0 unspecified atom stereocenters. The lowest BCUT2D eigenvalue weighted by molar-refractivity contribution is 0.0686. The Kier molecular flexibility index (Phi) is 5.65. The van der Waals surface area contributed by atoms with Gasteiger partial charge in [0, 0.05) is 30.7 Å². The number of piperidine rings is 1. The van der Waals surface area contributed by atoms with Crippen LogP contribution in [0.4, 0.5) is 0 Å². The highest BCUT2D eigenvalue weighted by Gasteiger charge is 2.24. The summed E-state index contributed by atoms with van der Waals surface area (Å²) in [6.45, 7) is 7.95. The molecule has 2 aromatic heterocycles. The van der Waals surface area contributed by atoms with Gasteiger partial charge in [-0.15, -0.1) is 0 Å². The molecule has 1 aliphatic rings. The predicted octanol–water partition coefficient (Wildman–Crippen LogP) is 4.81. The van der Waals surface area contributed by atoms with E-state index in [2.05, 4.69) is 55.1 Å². The Hall–Kier alpha value is -2.69. The summed E-state index contributed by atoms with van der Waals surface area (Å²) in [5, 5.41) is 5.33. The molecule has 0 bridgehead atoms. The third-order valence-electron chi connectivity index (χ3n) is 6.03. The van der Waals surface area contributed by atoms with E-state index < -0.39 is 0 Å². The van der Waals surface area contributed by atoms with Crippen LogP contribution in [0.15, 0.2) is 42.7 Å². The molecule has 0 aliphatic carbocycles. The molecule has 0 spiro atoms. The summed E-state index contributed by atoms with van der Waals surface area (Å²) in [7, 11) is 0. The minimum Gasteiger partial charge on any atom is -0.339 e. The number of aromatic nitrogens is 3. The van der Waals surface area contributed by atoms with E-state index in [4.69, 9.17) is 0 Å². The van der Waals surface area contributed by atoms with E-state index in [-0.39, 0.29) is 11.9 Å². The first-order valence-corrected chi connectivity index (χ1v) is 10.7. The molecule has 3 heterocycles. The van der Waals surface area contributed by atoms with Gasteiger partial charge in [0.2, 0.25) is 0 Å². The molecule has 1 aliphatic heterocycles. The number of benzene rings is 1. The fraction of sp³-hybridized carbons (Fsp3) is 0.458. The van der Waals surface area contributed by atoms with Crippen molar-refractivity contribution in [1.82, 2.24) is 19.7 Å². The van der Waals surface area contributed by atoms with Gasteiger partial charge in [-0.1, -0.05) is 29.8 Å². The highest BCUT2D eigenvalue weighted by atomic mass is 16.2. The van der Waals surface area contributed by atoms with Crippen LogP contribution >= 0.6 is 0 Å². The molecule has 5 heteroatoms. The zero-order valence-electron chi connectivity index (χ0n) is 17.6. The van der Waals surface area contributed by atoms with Crippen LogP contribution in [0.3, 0.4) is 0 Å². The first-order valence-electron chi connectivity index (χ1n) is 10.7. The summed E-state index contributed by atoms with van der Waals surface area (Å²) in [4.78, 5) is 19.5. The number of rotatable bonds is 5. The number of fused-ring (bicyclic) bond motifs is 1. The normalized spacial score (nSPS) is 15.4. The summed E-state index contributed by atoms with van der Waals surface area (Å²) in [5.41, 5.74) is 4.23. The molecule has 1 amide bonds. The van der Waals surface area contributed by atoms with Crippen LogP contribution in [-0.2, 0) is 6.42 Å². The summed E-state index contributed by atoms with van der Waals surface area (Å²) < 4.78 is 1.89. The van der Waals surface area contributed by atoms with Crippen molar-refractivity contribution in [2.75, 3.05) is 13.1 Å². The van der Waals surface area contributed by atoms with Gasteiger partial charge in [0.15, 0.2) is 5.65 Å². The van der Waals surface area contributed by atoms with Crippen molar-refractivity contribution in [3.8, 4) is 0 Å². The summed E-state index contributed by atoms with van der Waals surface area (Å²) in [6.07, 6.45) is 7.99. The van der Waals surface area contributed by atoms with Crippen LogP contribution < -0.4 is 0 Å². The third-order valence-corrected chi connectivity index (χ3v) is 6.03. The zero-order valence-corrected chi connectivity index (χ0v) is 17.6. The van der Waals surface area contributed by atoms with Crippen molar-refractivity contribution < 1.29 is 4.79 Å². The van der Waals surface area contributed by atoms with E-state index in [0.717, 1.165) is 43.4 Å². The molecular weight excluding hydrogens is 360 g/mol. The molecule has 0 saturated carbocycles. The molecular formula is C24H30N4O. The molecule has 0 radical (unpaired) electrons. The van der Waals surface area contributed by atoms with E-state index >= 15 is 0 Å². The number of pyridine rings is 1. The SMILES string of the molecule is Cc1ccc(CCC2CCN(C(=O)c3cnc4c(cnn4C(C)C)c3)CC2)cc1. The van der Waals surface area contributed by atoms with Gasteiger partial charge < -0.3 is 4.90 Å². The van der Waals surface area contributed by atoms with Gasteiger partial charge in [0.1, 0.15) is 0 Å². The summed E-state index contributed by atoms with van der Waals surface area (Å²) in [5.74, 6) is 0.791. The molecule has 1 fully saturated rings. The van der Waals surface area contributed by atoms with E-state index in [1.807, 2.05) is 15.6 Å². The molecule has 3 aromatic rings. The van der Waals surface area contributed by atoms with E-state index in [1.54, 1.807) is 12.4 Å².